The number of aliphatic hydroxyl groups is 15. The number of furan rings is 5. The average molecular weight is 1210 g/mol. The van der Waals surface area contributed by atoms with Crippen molar-refractivity contribution in [2.75, 3.05) is 39.3 Å². The Morgan fingerprint density at radius 1 is 0.353 bits per heavy atom. The number of rotatable bonds is 31. The molecule has 33 heteroatoms. The molecular weight excluding hydrogens is 1140 g/mol. The maximum absolute atomic E-state index is 13.2. The lowest BCUT2D eigenvalue weighted by atomic mass is 10.0. The number of amides is 5. The molecule has 470 valence electrons. The van der Waals surface area contributed by atoms with Gasteiger partial charge >= 0.3 is 5.97 Å². The summed E-state index contributed by atoms with van der Waals surface area (Å²) in [6.07, 6.45) is -28.6. The van der Waals surface area contributed by atoms with E-state index in [4.69, 9.17) is 32.9 Å². The monoisotopic (exact) mass is 1210 g/mol. The van der Waals surface area contributed by atoms with Crippen molar-refractivity contribution < 1.29 is 133 Å². The van der Waals surface area contributed by atoms with Crippen LogP contribution in [0.5, 0.6) is 0 Å². The van der Waals surface area contributed by atoms with E-state index in [9.17, 15) is 105 Å². The number of nitrogens with two attached hydrogens (primary N) is 1. The second-order valence-electron chi connectivity index (χ2n) is 19.8. The standard InChI is InChI=1S/C52H70N6O27/c1-17-22(6-32(81-17)43(71)38(66)27(59)11-53)48(76)54-12-28(60)39(67)44(72)33-7-23(18(2)82-33)49(77)55-13-29(61)40(68)45(73)34-8-24(19(3)83-34)50(78)56-14-30(62)41(69)46(74)35-9-25(20(4)84-35)51(79)57-15-31(63)42(70)47(75)36-10-26(21(5)85-36)52(80)58-16-37(64)65/h6-10,27-31,38-47,59-63,66-75H,11-16,53H2,1-5H3,(H,54,76)(H,55,77)(H,56,78)(H,57,79)(H,58,80)(H,64,65)/t27-,28-,29-,30-,31-,38-,39-,40-,41-,42-,43-,44-,45-,46-,47-/m1/s1. The molecule has 5 amide bonds. The Labute approximate surface area is 480 Å². The fraction of sp³-hybridized carbons (Fsp3) is 0.500. The molecule has 0 aliphatic carbocycles. The first-order valence-corrected chi connectivity index (χ1v) is 25.8. The molecule has 0 saturated carbocycles. The van der Waals surface area contributed by atoms with E-state index in [1.165, 1.54) is 34.6 Å². The molecule has 5 heterocycles. The highest BCUT2D eigenvalue weighted by atomic mass is 16.4. The number of nitrogens with one attached hydrogen (secondary N) is 5. The van der Waals surface area contributed by atoms with Crippen LogP contribution < -0.4 is 32.3 Å². The average Bonchev–Trinajstić information content (AvgIpc) is 4.54. The van der Waals surface area contributed by atoms with Gasteiger partial charge in [0.05, 0.1) is 33.9 Å². The Hall–Kier alpha value is -7.42. The Balaban J connectivity index is 1.07. The number of aliphatic hydroxyl groups excluding tert-OH is 15. The van der Waals surface area contributed by atoms with Crippen molar-refractivity contribution in [1.29, 1.82) is 0 Å². The molecule has 5 aromatic heterocycles. The quantitative estimate of drug-likeness (QED) is 0.0197. The molecule has 0 fully saturated rings. The smallest absolute Gasteiger partial charge is 0.322 e. The van der Waals surface area contributed by atoms with Gasteiger partial charge in [-0.05, 0) is 65.0 Å². The van der Waals surface area contributed by atoms with Crippen molar-refractivity contribution in [3.8, 4) is 0 Å². The van der Waals surface area contributed by atoms with Gasteiger partial charge in [-0.2, -0.15) is 0 Å². The summed E-state index contributed by atoms with van der Waals surface area (Å²) in [5, 5.41) is 179. The van der Waals surface area contributed by atoms with Gasteiger partial charge in [0.25, 0.3) is 29.5 Å². The van der Waals surface area contributed by atoms with Gasteiger partial charge in [0, 0.05) is 32.7 Å². The van der Waals surface area contributed by atoms with Crippen LogP contribution in [0.15, 0.2) is 52.4 Å². The summed E-state index contributed by atoms with van der Waals surface area (Å²) in [4.78, 5) is 75.2. The van der Waals surface area contributed by atoms with Crippen LogP contribution in [0.25, 0.3) is 0 Å². The maximum atomic E-state index is 13.2. The fourth-order valence-electron chi connectivity index (χ4n) is 8.32. The zero-order valence-corrected chi connectivity index (χ0v) is 46.0. The third-order valence-electron chi connectivity index (χ3n) is 13.5. The SMILES string of the molecule is Cc1oc([C@@H](O)[C@H](O)[C@H](O)CN)cc1C(=O)NC[C@@H](O)[C@@H](O)[C@H](O)c1cc(C(=O)NC[C@@H](O)[C@@H](O)[C@H](O)c2cc(C(=O)NC[C@@H](O)[C@@H](O)[C@H](O)c3cc(C(=O)NC[C@@H](O)[C@@H](O)[C@H](O)c4cc(C(=O)NCC(=O)O)c(C)o4)c(C)o3)c(C)o2)c(C)o1. The summed E-state index contributed by atoms with van der Waals surface area (Å²) < 4.78 is 26.9. The van der Waals surface area contributed by atoms with Crippen molar-refractivity contribution in [3.63, 3.8) is 0 Å². The largest absolute Gasteiger partial charge is 0.480 e. The van der Waals surface area contributed by atoms with Gasteiger partial charge in [-0.25, -0.2) is 0 Å². The minimum Gasteiger partial charge on any atom is -0.480 e. The fourth-order valence-corrected chi connectivity index (χ4v) is 8.32. The molecule has 0 unspecified atom stereocenters. The molecule has 0 aliphatic rings. The van der Waals surface area contributed by atoms with Crippen molar-refractivity contribution in [2.45, 2.75) is 126 Å². The molecule has 5 rings (SSSR count). The summed E-state index contributed by atoms with van der Waals surface area (Å²) in [6, 6.07) is 5.10. The van der Waals surface area contributed by atoms with Gasteiger partial charge in [0.1, 0.15) is 150 Å². The predicted octanol–water partition coefficient (Wildman–Crippen LogP) is -5.54. The number of hydrogen-bond acceptors (Lipinski definition) is 27. The van der Waals surface area contributed by atoms with Crippen LogP contribution in [-0.4, -0.2) is 218 Å². The number of carbonyl (C=O) groups is 6. The summed E-state index contributed by atoms with van der Waals surface area (Å²) >= 11 is 0. The third-order valence-corrected chi connectivity index (χ3v) is 13.5. The number of aryl methyl sites for hydroxylation is 5. The number of carboxylic acid groups (broad SMARTS) is 1. The van der Waals surface area contributed by atoms with E-state index >= 15 is 0 Å². The van der Waals surface area contributed by atoms with Gasteiger partial charge in [-0.1, -0.05) is 0 Å². The lowest BCUT2D eigenvalue weighted by molar-refractivity contribution is -0.135. The van der Waals surface area contributed by atoms with Crippen LogP contribution in [0.3, 0.4) is 0 Å². The number of hydrogen-bond donors (Lipinski definition) is 22. The van der Waals surface area contributed by atoms with Crippen LogP contribution in [0.2, 0.25) is 0 Å². The normalized spacial score (nSPS) is 17.1. The molecule has 0 bridgehead atoms. The molecule has 85 heavy (non-hydrogen) atoms. The van der Waals surface area contributed by atoms with E-state index in [2.05, 4.69) is 26.6 Å². The van der Waals surface area contributed by atoms with Crippen LogP contribution in [0, 0.1) is 34.6 Å². The Morgan fingerprint density at radius 3 is 0.729 bits per heavy atom. The van der Waals surface area contributed by atoms with Crippen molar-refractivity contribution in [2.24, 2.45) is 5.73 Å². The molecule has 33 nitrogen and oxygen atoms in total. The maximum Gasteiger partial charge on any atom is 0.322 e. The first-order chi connectivity index (χ1) is 39.8. The molecule has 23 N–H and O–H groups in total. The molecule has 0 saturated heterocycles. The lowest BCUT2D eigenvalue weighted by Gasteiger charge is -2.22. The lowest BCUT2D eigenvalue weighted by Crippen LogP contribution is -2.42. The second-order valence-corrected chi connectivity index (χ2v) is 19.8. The summed E-state index contributed by atoms with van der Waals surface area (Å²) in [5.74, 6) is -8.20. The van der Waals surface area contributed by atoms with Crippen LogP contribution in [0.4, 0.5) is 0 Å². The highest BCUT2D eigenvalue weighted by Gasteiger charge is 2.37. The molecule has 0 aromatic carbocycles. The van der Waals surface area contributed by atoms with Gasteiger partial charge in [-0.3, -0.25) is 28.8 Å². The van der Waals surface area contributed by atoms with Crippen LogP contribution in [-0.2, 0) is 4.79 Å². The van der Waals surface area contributed by atoms with Crippen LogP contribution in [0.1, 0.15) is 140 Å². The minimum atomic E-state index is -2.07. The Morgan fingerprint density at radius 2 is 0.541 bits per heavy atom. The van der Waals surface area contributed by atoms with E-state index in [1.807, 2.05) is 0 Å². The molecule has 0 radical (unpaired) electrons. The predicted molar refractivity (Wildman–Crippen MR) is 280 cm³/mol. The zero-order valence-electron chi connectivity index (χ0n) is 46.0. The summed E-state index contributed by atoms with van der Waals surface area (Å²) in [7, 11) is 0. The highest BCUT2D eigenvalue weighted by molar-refractivity contribution is 5.98. The summed E-state index contributed by atoms with van der Waals surface area (Å²) in [5.41, 5.74) is 4.28. The Bertz CT molecular complexity index is 3110. The Kier molecular flexibility index (Phi) is 23.8. The molecule has 0 aliphatic heterocycles. The topological polar surface area (TPSA) is 578 Å². The first kappa shape index (κ1) is 68.4. The molecular formula is C52H70N6O27. The summed E-state index contributed by atoms with van der Waals surface area (Å²) in [6.45, 7) is 2.69. The number of aliphatic carboxylic acids is 1. The van der Waals surface area contributed by atoms with E-state index in [-0.39, 0.29) is 74.7 Å². The van der Waals surface area contributed by atoms with E-state index in [0.717, 1.165) is 30.3 Å². The number of carboxylic acids is 1. The zero-order chi connectivity index (χ0) is 63.6. The number of carbonyl (C=O) groups excluding carboxylic acids is 5. The molecule has 15 atom stereocenters. The van der Waals surface area contributed by atoms with Gasteiger partial charge in [-0.15, -0.1) is 0 Å². The first-order valence-electron chi connectivity index (χ1n) is 25.8. The van der Waals surface area contributed by atoms with Crippen molar-refractivity contribution >= 4 is 35.5 Å². The van der Waals surface area contributed by atoms with Gasteiger partial charge in [0.15, 0.2) is 0 Å². The molecule has 0 spiro atoms. The minimum absolute atomic E-state index is 0.0187. The van der Waals surface area contributed by atoms with E-state index in [1.54, 1.807) is 0 Å². The van der Waals surface area contributed by atoms with E-state index < -0.39 is 177 Å². The van der Waals surface area contributed by atoms with Crippen LogP contribution >= 0.6 is 0 Å². The third kappa shape index (κ3) is 16.7. The highest BCUT2D eigenvalue weighted by Crippen LogP contribution is 2.30. The van der Waals surface area contributed by atoms with Crippen molar-refractivity contribution in [1.82, 2.24) is 26.6 Å². The second kappa shape index (κ2) is 29.6. The van der Waals surface area contributed by atoms with Crippen molar-refractivity contribution in [3.05, 3.63) is 116 Å². The molecule has 5 aromatic rings. The van der Waals surface area contributed by atoms with E-state index in [0.29, 0.717) is 0 Å². The van der Waals surface area contributed by atoms with Gasteiger partial charge < -0.3 is 136 Å². The van der Waals surface area contributed by atoms with Gasteiger partial charge in [0.2, 0.25) is 0 Å².